The normalized spacial score (nSPS) is 21.5. The van der Waals surface area contributed by atoms with Crippen LogP contribution in [0.4, 0.5) is 0 Å². The van der Waals surface area contributed by atoms with Crippen molar-refractivity contribution in [1.82, 2.24) is 24.8 Å². The lowest BCUT2D eigenvalue weighted by Crippen LogP contribution is -2.33. The molecule has 28 heavy (non-hydrogen) atoms. The number of hydrogen-bond donors (Lipinski definition) is 0. The maximum absolute atomic E-state index is 5.83. The van der Waals surface area contributed by atoms with Gasteiger partial charge in [-0.15, -0.1) is 0 Å². The van der Waals surface area contributed by atoms with E-state index in [0.29, 0.717) is 12.5 Å². The summed E-state index contributed by atoms with van der Waals surface area (Å²) >= 11 is 0. The summed E-state index contributed by atoms with van der Waals surface area (Å²) in [4.78, 5) is 7.13. The average molecular weight is 388 g/mol. The smallest absolute Gasteiger partial charge is 0.231 e. The van der Waals surface area contributed by atoms with Gasteiger partial charge in [0.05, 0.1) is 18.7 Å². The number of ether oxygens (including phenoxy) is 1. The van der Waals surface area contributed by atoms with Crippen LogP contribution < -0.4 is 0 Å². The maximum atomic E-state index is 5.83. The molecule has 7 heteroatoms. The highest BCUT2D eigenvalue weighted by molar-refractivity contribution is 5.05. The molecule has 0 spiro atoms. The van der Waals surface area contributed by atoms with Gasteiger partial charge in [0.15, 0.2) is 5.82 Å². The van der Waals surface area contributed by atoms with Crippen molar-refractivity contribution in [2.75, 3.05) is 26.3 Å². The van der Waals surface area contributed by atoms with E-state index in [1.54, 1.807) is 0 Å². The SMILES string of the molecule is CCn1cc(CN2CCCC(c3nc(CCOCC4CCCC4)no3)C2)cn1. The molecule has 1 aliphatic heterocycles. The monoisotopic (exact) mass is 387 g/mol. The lowest BCUT2D eigenvalue weighted by atomic mass is 9.97. The number of piperidine rings is 1. The third-order valence-corrected chi connectivity index (χ3v) is 6.05. The third-order valence-electron chi connectivity index (χ3n) is 6.05. The number of likely N-dealkylation sites (tertiary alicyclic amines) is 1. The summed E-state index contributed by atoms with van der Waals surface area (Å²) in [5, 5.41) is 8.56. The van der Waals surface area contributed by atoms with E-state index in [-0.39, 0.29) is 0 Å². The highest BCUT2D eigenvalue weighted by Crippen LogP contribution is 2.27. The van der Waals surface area contributed by atoms with Gasteiger partial charge in [0.2, 0.25) is 5.89 Å². The maximum Gasteiger partial charge on any atom is 0.231 e. The molecule has 0 aromatic carbocycles. The molecule has 1 atom stereocenters. The third kappa shape index (κ3) is 5.20. The Morgan fingerprint density at radius 2 is 2.11 bits per heavy atom. The van der Waals surface area contributed by atoms with Crippen molar-refractivity contribution in [3.63, 3.8) is 0 Å². The second kappa shape index (κ2) is 9.65. The molecule has 0 N–H and O–H groups in total. The van der Waals surface area contributed by atoms with Gasteiger partial charge in [0, 0.05) is 44.4 Å². The molecule has 4 rings (SSSR count). The van der Waals surface area contributed by atoms with Crippen LogP contribution in [0.2, 0.25) is 0 Å². The molecule has 2 aromatic rings. The van der Waals surface area contributed by atoms with E-state index in [4.69, 9.17) is 9.26 Å². The number of nitrogens with zero attached hydrogens (tertiary/aromatic N) is 5. The lowest BCUT2D eigenvalue weighted by Gasteiger charge is -2.30. The fourth-order valence-electron chi connectivity index (χ4n) is 4.45. The van der Waals surface area contributed by atoms with Gasteiger partial charge in [0.25, 0.3) is 0 Å². The fraction of sp³-hybridized carbons (Fsp3) is 0.762. The van der Waals surface area contributed by atoms with Gasteiger partial charge in [-0.05, 0) is 45.1 Å². The Morgan fingerprint density at radius 3 is 2.93 bits per heavy atom. The summed E-state index contributed by atoms with van der Waals surface area (Å²) < 4.78 is 13.4. The highest BCUT2D eigenvalue weighted by atomic mass is 16.5. The highest BCUT2D eigenvalue weighted by Gasteiger charge is 2.26. The summed E-state index contributed by atoms with van der Waals surface area (Å²) in [6.07, 6.45) is 12.5. The van der Waals surface area contributed by atoms with Crippen LogP contribution in [0.3, 0.4) is 0 Å². The molecular formula is C21H33N5O2. The first-order chi connectivity index (χ1) is 13.8. The number of hydrogen-bond acceptors (Lipinski definition) is 6. The second-order valence-corrected chi connectivity index (χ2v) is 8.30. The van der Waals surface area contributed by atoms with E-state index in [0.717, 1.165) is 69.7 Å². The van der Waals surface area contributed by atoms with Crippen LogP contribution >= 0.6 is 0 Å². The topological polar surface area (TPSA) is 69.2 Å². The zero-order valence-corrected chi connectivity index (χ0v) is 17.1. The number of aryl methyl sites for hydroxylation is 1. The van der Waals surface area contributed by atoms with E-state index in [9.17, 15) is 0 Å². The molecule has 1 saturated carbocycles. The van der Waals surface area contributed by atoms with Crippen LogP contribution in [0.25, 0.3) is 0 Å². The molecule has 1 unspecified atom stereocenters. The van der Waals surface area contributed by atoms with Crippen molar-refractivity contribution in [3.05, 3.63) is 29.7 Å². The Kier molecular flexibility index (Phi) is 6.75. The summed E-state index contributed by atoms with van der Waals surface area (Å²) in [5.41, 5.74) is 1.27. The van der Waals surface area contributed by atoms with Gasteiger partial charge in [-0.3, -0.25) is 9.58 Å². The Labute approximate surface area is 167 Å². The van der Waals surface area contributed by atoms with Crippen LogP contribution in [0.15, 0.2) is 16.9 Å². The van der Waals surface area contributed by atoms with Crippen LogP contribution in [-0.4, -0.2) is 51.1 Å². The Balaban J connectivity index is 1.23. The van der Waals surface area contributed by atoms with Gasteiger partial charge in [-0.2, -0.15) is 10.1 Å². The molecule has 2 aliphatic rings. The Morgan fingerprint density at radius 1 is 1.21 bits per heavy atom. The first kappa shape index (κ1) is 19.6. The zero-order valence-electron chi connectivity index (χ0n) is 17.1. The summed E-state index contributed by atoms with van der Waals surface area (Å²) in [6, 6.07) is 0. The Hall–Kier alpha value is -1.73. The predicted molar refractivity (Wildman–Crippen MR) is 106 cm³/mol. The molecule has 154 valence electrons. The summed E-state index contributed by atoms with van der Waals surface area (Å²) in [6.45, 7) is 7.62. The lowest BCUT2D eigenvalue weighted by molar-refractivity contribution is 0.102. The summed E-state index contributed by atoms with van der Waals surface area (Å²) in [7, 11) is 0. The van der Waals surface area contributed by atoms with E-state index in [1.807, 2.05) is 10.9 Å². The molecule has 2 fully saturated rings. The first-order valence-corrected chi connectivity index (χ1v) is 10.9. The van der Waals surface area contributed by atoms with Crippen molar-refractivity contribution in [3.8, 4) is 0 Å². The molecule has 7 nitrogen and oxygen atoms in total. The molecule has 0 amide bonds. The zero-order chi connectivity index (χ0) is 19.2. The molecular weight excluding hydrogens is 354 g/mol. The quantitative estimate of drug-likeness (QED) is 0.614. The van der Waals surface area contributed by atoms with Gasteiger partial charge >= 0.3 is 0 Å². The molecule has 2 aromatic heterocycles. The molecule has 1 saturated heterocycles. The van der Waals surface area contributed by atoms with Gasteiger partial charge in [-0.1, -0.05) is 18.0 Å². The first-order valence-electron chi connectivity index (χ1n) is 10.9. The second-order valence-electron chi connectivity index (χ2n) is 8.30. The summed E-state index contributed by atoms with van der Waals surface area (Å²) in [5.74, 6) is 2.66. The van der Waals surface area contributed by atoms with Crippen LogP contribution in [0.5, 0.6) is 0 Å². The number of aromatic nitrogens is 4. The van der Waals surface area contributed by atoms with Crippen molar-refractivity contribution >= 4 is 0 Å². The van der Waals surface area contributed by atoms with E-state index in [1.165, 1.54) is 31.2 Å². The van der Waals surface area contributed by atoms with Crippen LogP contribution in [0, 0.1) is 5.92 Å². The standard InChI is InChI=1S/C21H33N5O2/c1-2-26-14-18(12-22-26)13-25-10-5-8-19(15-25)21-23-20(24-28-21)9-11-27-16-17-6-3-4-7-17/h12,14,17,19H,2-11,13,15-16H2,1H3. The Bertz CT molecular complexity index is 722. The van der Waals surface area contributed by atoms with Gasteiger partial charge < -0.3 is 9.26 Å². The fourth-order valence-corrected chi connectivity index (χ4v) is 4.45. The predicted octanol–water partition coefficient (Wildman–Crippen LogP) is 3.41. The van der Waals surface area contributed by atoms with Gasteiger partial charge in [0.1, 0.15) is 0 Å². The van der Waals surface area contributed by atoms with E-state index >= 15 is 0 Å². The molecule has 1 aliphatic carbocycles. The minimum Gasteiger partial charge on any atom is -0.381 e. The van der Waals surface area contributed by atoms with Crippen molar-refractivity contribution in [2.45, 2.75) is 70.9 Å². The minimum absolute atomic E-state index is 0.329. The van der Waals surface area contributed by atoms with Crippen molar-refractivity contribution in [2.24, 2.45) is 5.92 Å². The van der Waals surface area contributed by atoms with Crippen molar-refractivity contribution < 1.29 is 9.26 Å². The molecule has 0 radical (unpaired) electrons. The molecule has 0 bridgehead atoms. The largest absolute Gasteiger partial charge is 0.381 e. The van der Waals surface area contributed by atoms with E-state index in [2.05, 4.69) is 33.3 Å². The molecule has 3 heterocycles. The minimum atomic E-state index is 0.329. The van der Waals surface area contributed by atoms with E-state index < -0.39 is 0 Å². The van der Waals surface area contributed by atoms with Crippen LogP contribution in [0.1, 0.15) is 68.6 Å². The average Bonchev–Trinajstić information content (AvgIpc) is 3.47. The van der Waals surface area contributed by atoms with Gasteiger partial charge in [-0.25, -0.2) is 0 Å². The number of rotatable bonds is 9. The van der Waals surface area contributed by atoms with Crippen LogP contribution in [-0.2, 0) is 24.2 Å². The van der Waals surface area contributed by atoms with Crippen molar-refractivity contribution in [1.29, 1.82) is 0 Å².